The average Bonchev–Trinajstić information content (AvgIpc) is 3.73. The fourth-order valence-corrected chi connectivity index (χ4v) is 8.93. The van der Waals surface area contributed by atoms with Crippen molar-refractivity contribution in [3.8, 4) is 0 Å². The molecular weight excluding hydrogens is 724 g/mol. The van der Waals surface area contributed by atoms with Gasteiger partial charge in [0.05, 0.1) is 43.8 Å². The van der Waals surface area contributed by atoms with E-state index in [0.717, 1.165) is 13.1 Å². The van der Waals surface area contributed by atoms with Gasteiger partial charge in [0.1, 0.15) is 17.7 Å². The smallest absolute Gasteiger partial charge is 0.313 e. The molecule has 0 aliphatic carbocycles. The molecule has 3 amide bonds. The Hall–Kier alpha value is -3.14. The number of likely N-dealkylation sites (tertiary alicyclic amines) is 1. The predicted molar refractivity (Wildman–Crippen MR) is 192 cm³/mol. The number of ether oxygens (including phenoxy) is 4. The minimum atomic E-state index is -1.29. The Morgan fingerprint density at radius 2 is 1.92 bits per heavy atom. The van der Waals surface area contributed by atoms with Crippen molar-refractivity contribution in [3.63, 3.8) is 0 Å². The molecule has 2 N–H and O–H groups in total. The molecule has 4 saturated heterocycles. The number of benzene rings is 1. The van der Waals surface area contributed by atoms with Crippen molar-refractivity contribution in [2.24, 2.45) is 11.8 Å². The number of carbonyl (C=O) groups excluding carboxylic acids is 4. The van der Waals surface area contributed by atoms with Crippen LogP contribution in [0.4, 0.5) is 0 Å². The van der Waals surface area contributed by atoms with Crippen LogP contribution in [-0.2, 0) is 38.1 Å². The third kappa shape index (κ3) is 8.42. The number of allylic oxidation sites excluding steroid dienone is 1. The Morgan fingerprint density at radius 1 is 1.18 bits per heavy atom. The van der Waals surface area contributed by atoms with E-state index < -0.39 is 47.7 Å². The van der Waals surface area contributed by atoms with E-state index in [9.17, 15) is 24.3 Å². The van der Waals surface area contributed by atoms with E-state index in [1.807, 2.05) is 18.2 Å². The van der Waals surface area contributed by atoms with Crippen molar-refractivity contribution in [3.05, 3.63) is 61.2 Å². The first-order valence-electron chi connectivity index (χ1n) is 17.8. The first-order chi connectivity index (χ1) is 24.7. The third-order valence-electron chi connectivity index (χ3n) is 10.3. The van der Waals surface area contributed by atoms with E-state index in [-0.39, 0.29) is 61.7 Å². The molecule has 51 heavy (non-hydrogen) atoms. The highest BCUT2D eigenvalue weighted by Gasteiger charge is 2.77. The zero-order chi connectivity index (χ0) is 36.5. The second-order valence-electron chi connectivity index (χ2n) is 13.5. The number of halogens is 1. The number of nitrogens with zero attached hydrogens (tertiary/aromatic N) is 3. The summed E-state index contributed by atoms with van der Waals surface area (Å²) in [7, 11) is 1.50. The van der Waals surface area contributed by atoms with Crippen molar-refractivity contribution in [1.82, 2.24) is 20.0 Å². The van der Waals surface area contributed by atoms with E-state index in [1.165, 1.54) is 12.0 Å². The number of aliphatic hydroxyl groups is 1. The highest BCUT2D eigenvalue weighted by atomic mass is 79.9. The van der Waals surface area contributed by atoms with Gasteiger partial charge in [-0.3, -0.25) is 24.1 Å². The molecule has 1 aromatic rings. The van der Waals surface area contributed by atoms with Crippen molar-refractivity contribution < 1.29 is 43.2 Å². The molecule has 4 aliphatic heterocycles. The largest absolute Gasteiger partial charge is 0.455 e. The molecule has 5 rings (SSSR count). The molecule has 0 saturated carbocycles. The Balaban J connectivity index is 1.45. The van der Waals surface area contributed by atoms with Gasteiger partial charge in [0.15, 0.2) is 0 Å². The van der Waals surface area contributed by atoms with Gasteiger partial charge in [0.25, 0.3) is 0 Å². The summed E-state index contributed by atoms with van der Waals surface area (Å²) >= 11 is 3.73. The summed E-state index contributed by atoms with van der Waals surface area (Å²) in [5.41, 5.74) is -0.653. The van der Waals surface area contributed by atoms with E-state index in [4.69, 9.17) is 18.9 Å². The van der Waals surface area contributed by atoms with Gasteiger partial charge >= 0.3 is 5.97 Å². The fourth-order valence-electron chi connectivity index (χ4n) is 7.99. The summed E-state index contributed by atoms with van der Waals surface area (Å²) in [6, 6.07) is 7.33. The molecular formula is C37H51BrN4O9. The lowest BCUT2D eigenvalue weighted by atomic mass is 9.70. The number of amides is 3. The molecule has 1 aromatic carbocycles. The molecule has 1 unspecified atom stereocenters. The van der Waals surface area contributed by atoms with Gasteiger partial charge in [-0.05, 0) is 24.8 Å². The van der Waals surface area contributed by atoms with Crippen LogP contribution in [0.5, 0.6) is 0 Å². The Labute approximate surface area is 308 Å². The normalized spacial score (nSPS) is 28.2. The van der Waals surface area contributed by atoms with Crippen molar-refractivity contribution >= 4 is 39.6 Å². The molecule has 4 heterocycles. The van der Waals surface area contributed by atoms with Crippen LogP contribution in [0.3, 0.4) is 0 Å². The molecule has 0 radical (unpaired) electrons. The van der Waals surface area contributed by atoms with Crippen molar-refractivity contribution in [2.75, 3.05) is 72.8 Å². The van der Waals surface area contributed by atoms with Crippen LogP contribution in [-0.4, -0.2) is 145 Å². The molecule has 14 heteroatoms. The average molecular weight is 776 g/mol. The van der Waals surface area contributed by atoms with Crippen LogP contribution >= 0.6 is 15.9 Å². The molecule has 13 nitrogen and oxygen atoms in total. The summed E-state index contributed by atoms with van der Waals surface area (Å²) in [5.74, 6) is -3.58. The molecule has 0 aromatic heterocycles. The molecule has 8 atom stereocenters. The number of hydrogen-bond donors (Lipinski definition) is 2. The number of methoxy groups -OCH3 is 1. The van der Waals surface area contributed by atoms with Crippen LogP contribution < -0.4 is 5.32 Å². The molecule has 2 bridgehead atoms. The number of nitrogens with one attached hydrogen (secondary N) is 1. The fraction of sp³-hybridized carbons (Fsp3) is 0.622. The zero-order valence-corrected chi connectivity index (χ0v) is 30.9. The Morgan fingerprint density at radius 3 is 2.59 bits per heavy atom. The minimum absolute atomic E-state index is 0.0553. The number of carbonyl (C=O) groups is 4. The molecule has 4 fully saturated rings. The predicted octanol–water partition coefficient (Wildman–Crippen LogP) is 1.85. The lowest BCUT2D eigenvalue weighted by Crippen LogP contribution is -2.57. The van der Waals surface area contributed by atoms with Crippen LogP contribution in [0.2, 0.25) is 0 Å². The Bertz CT molecular complexity index is 1400. The quantitative estimate of drug-likeness (QED) is 0.121. The van der Waals surface area contributed by atoms with E-state index >= 15 is 0 Å². The second-order valence-corrected chi connectivity index (χ2v) is 14.7. The van der Waals surface area contributed by atoms with Crippen LogP contribution in [0.25, 0.3) is 0 Å². The SMILES string of the molecule is C=CCCC(=O)N[C@H](COC)[C@H](OC(=O)[C@@H]1[C@H]2O[C@@]3(CC2Br)[C@H](C(=O)N(CC=C)CCN2CCOCC2)N(CCCO)C(=O)[C@@H]13)c1ccccc1. The summed E-state index contributed by atoms with van der Waals surface area (Å²) in [5, 5.41) is 12.7. The number of morpholine rings is 1. The van der Waals surface area contributed by atoms with Crippen LogP contribution in [0, 0.1) is 11.8 Å². The topological polar surface area (TPSA) is 147 Å². The van der Waals surface area contributed by atoms with Crippen LogP contribution in [0.15, 0.2) is 55.6 Å². The number of esters is 1. The van der Waals surface area contributed by atoms with Crippen molar-refractivity contribution in [2.45, 2.75) is 60.4 Å². The number of alkyl halides is 1. The van der Waals surface area contributed by atoms with Gasteiger partial charge < -0.3 is 39.2 Å². The van der Waals surface area contributed by atoms with Crippen molar-refractivity contribution in [1.29, 1.82) is 0 Å². The maximum Gasteiger partial charge on any atom is 0.313 e. The van der Waals surface area contributed by atoms with E-state index in [1.54, 1.807) is 29.2 Å². The first kappa shape index (κ1) is 39.1. The summed E-state index contributed by atoms with van der Waals surface area (Å²) in [6.45, 7) is 11.7. The molecule has 280 valence electrons. The Kier molecular flexibility index (Phi) is 13.8. The van der Waals surface area contributed by atoms with Crippen LogP contribution in [0.1, 0.15) is 37.4 Å². The third-order valence-corrected chi connectivity index (χ3v) is 11.2. The van der Waals surface area contributed by atoms with E-state index in [2.05, 4.69) is 39.3 Å². The second kappa shape index (κ2) is 18.1. The molecule has 4 aliphatic rings. The minimum Gasteiger partial charge on any atom is -0.455 e. The number of aliphatic hydroxyl groups excluding tert-OH is 1. The monoisotopic (exact) mass is 774 g/mol. The molecule has 1 spiro atoms. The van der Waals surface area contributed by atoms with Gasteiger partial charge in [0.2, 0.25) is 17.7 Å². The van der Waals surface area contributed by atoms with Gasteiger partial charge in [-0.25, -0.2) is 0 Å². The van der Waals surface area contributed by atoms with Gasteiger partial charge in [0, 0.05) is 64.2 Å². The lowest BCUT2D eigenvalue weighted by Gasteiger charge is -2.38. The van der Waals surface area contributed by atoms with Gasteiger partial charge in [-0.15, -0.1) is 13.2 Å². The lowest BCUT2D eigenvalue weighted by molar-refractivity contribution is -0.163. The zero-order valence-electron chi connectivity index (χ0n) is 29.3. The number of hydrogen-bond acceptors (Lipinski definition) is 10. The van der Waals surface area contributed by atoms with Gasteiger partial charge in [-0.2, -0.15) is 0 Å². The first-order valence-corrected chi connectivity index (χ1v) is 18.7. The number of rotatable bonds is 19. The van der Waals surface area contributed by atoms with Gasteiger partial charge in [-0.1, -0.05) is 58.4 Å². The highest BCUT2D eigenvalue weighted by Crippen LogP contribution is 2.60. The highest BCUT2D eigenvalue weighted by molar-refractivity contribution is 9.09. The summed E-state index contributed by atoms with van der Waals surface area (Å²) in [4.78, 5) is 61.6. The summed E-state index contributed by atoms with van der Waals surface area (Å²) in [6.07, 6.45) is 2.91. The maximum absolute atomic E-state index is 14.6. The standard InChI is InChI=1S/C37H51BrN4O9/c1-4-6-13-28(44)39-27(24-48-3)31(25-11-8-7-9-12-25)50-36(47)29-30-34(45)42(15-10-20-43)33(37(30)23-26(38)32(29)51-37)35(46)41(14-5-2)17-16-40-18-21-49-22-19-40/h4-5,7-9,11-12,26-27,29-33,43H,1-2,6,10,13-24H2,3H3,(H,39,44)/t26?,27-,29+,30-,31-,32+,33+,37-/m1/s1. The maximum atomic E-state index is 14.6. The number of fused-ring (bicyclic) bond motifs is 1. The summed E-state index contributed by atoms with van der Waals surface area (Å²) < 4.78 is 23.9. The van der Waals surface area contributed by atoms with E-state index in [0.29, 0.717) is 44.7 Å².